The van der Waals surface area contributed by atoms with Gasteiger partial charge in [-0.05, 0) is 30.5 Å². The molecule has 0 radical (unpaired) electrons. The van der Waals surface area contributed by atoms with Gasteiger partial charge in [0.2, 0.25) is 0 Å². The van der Waals surface area contributed by atoms with Gasteiger partial charge in [0.1, 0.15) is 18.5 Å². The Hall–Kier alpha value is -2.88. The summed E-state index contributed by atoms with van der Waals surface area (Å²) in [7, 11) is 1.52. The Morgan fingerprint density at radius 2 is 2.06 bits per heavy atom. The van der Waals surface area contributed by atoms with Gasteiger partial charge in [-0.25, -0.2) is 14.2 Å². The molecule has 31 heavy (non-hydrogen) atoms. The molecular formula is C22H19FN2O4S2. The Kier molecular flexibility index (Phi) is 6.26. The lowest BCUT2D eigenvalue weighted by Crippen LogP contribution is -2.39. The summed E-state index contributed by atoms with van der Waals surface area (Å²) in [5.74, 6) is -0.957. The number of carbonyl (C=O) groups is 1. The number of esters is 1. The maximum Gasteiger partial charge on any atom is 0.338 e. The van der Waals surface area contributed by atoms with Crippen LogP contribution in [0.15, 0.2) is 62.8 Å². The van der Waals surface area contributed by atoms with Crippen molar-refractivity contribution in [2.75, 3.05) is 20.3 Å². The van der Waals surface area contributed by atoms with Crippen LogP contribution in [0.4, 0.5) is 4.39 Å². The average Bonchev–Trinajstić information content (AvgIpc) is 3.38. The summed E-state index contributed by atoms with van der Waals surface area (Å²) in [5, 5.41) is 1.88. The van der Waals surface area contributed by atoms with Crippen LogP contribution in [0.1, 0.15) is 23.4 Å². The normalized spacial score (nSPS) is 16.2. The smallest absolute Gasteiger partial charge is 0.338 e. The van der Waals surface area contributed by atoms with Gasteiger partial charge in [0, 0.05) is 17.6 Å². The number of nitrogens with zero attached hydrogens (tertiary/aromatic N) is 2. The summed E-state index contributed by atoms with van der Waals surface area (Å²) in [6.45, 7) is 2.09. The third-order valence-electron chi connectivity index (χ3n) is 4.77. The van der Waals surface area contributed by atoms with Crippen molar-refractivity contribution in [1.82, 2.24) is 4.57 Å². The van der Waals surface area contributed by atoms with Crippen LogP contribution in [-0.4, -0.2) is 30.9 Å². The third-order valence-corrected chi connectivity index (χ3v) is 6.67. The van der Waals surface area contributed by atoms with E-state index in [1.54, 1.807) is 25.1 Å². The first-order valence-electron chi connectivity index (χ1n) is 9.48. The Morgan fingerprint density at radius 1 is 1.26 bits per heavy atom. The molecule has 3 aromatic rings. The standard InChI is InChI=1S/C22H19FN2O4S2/c1-13-18(21(27)29-10-9-28-2)19(16-8-5-11-30-16)25-20(26)17(31-22(25)24-13)12-14-6-3-4-7-15(14)23/h3-8,11-12,19H,9-10H2,1-2H3/b17-12+/t19-/m1/s1. The number of benzene rings is 1. The molecule has 0 unspecified atom stereocenters. The predicted octanol–water partition coefficient (Wildman–Crippen LogP) is 2.63. The van der Waals surface area contributed by atoms with Gasteiger partial charge in [0.15, 0.2) is 4.80 Å². The molecule has 4 rings (SSSR count). The number of thiazole rings is 1. The van der Waals surface area contributed by atoms with Crippen LogP contribution < -0.4 is 14.9 Å². The molecule has 0 bridgehead atoms. The number of ether oxygens (including phenoxy) is 2. The van der Waals surface area contributed by atoms with Gasteiger partial charge in [-0.3, -0.25) is 9.36 Å². The number of aromatic nitrogens is 1. The van der Waals surface area contributed by atoms with Crippen molar-refractivity contribution in [3.63, 3.8) is 0 Å². The van der Waals surface area contributed by atoms with E-state index in [9.17, 15) is 14.0 Å². The van der Waals surface area contributed by atoms with E-state index < -0.39 is 17.8 Å². The van der Waals surface area contributed by atoms with E-state index in [-0.39, 0.29) is 18.8 Å². The largest absolute Gasteiger partial charge is 0.460 e. The number of halogens is 1. The van der Waals surface area contributed by atoms with E-state index in [0.29, 0.717) is 26.2 Å². The van der Waals surface area contributed by atoms with Gasteiger partial charge in [-0.1, -0.05) is 35.6 Å². The maximum atomic E-state index is 14.1. The molecule has 0 fully saturated rings. The molecule has 1 atom stereocenters. The molecule has 1 aromatic carbocycles. The lowest BCUT2D eigenvalue weighted by molar-refractivity contribution is -0.140. The molecule has 160 valence electrons. The van der Waals surface area contributed by atoms with Crippen molar-refractivity contribution in [3.8, 4) is 0 Å². The van der Waals surface area contributed by atoms with Crippen molar-refractivity contribution < 1.29 is 18.7 Å². The lowest BCUT2D eigenvalue weighted by Gasteiger charge is -2.23. The summed E-state index contributed by atoms with van der Waals surface area (Å²) in [4.78, 5) is 32.0. The number of carbonyl (C=O) groups excluding carboxylic acids is 1. The monoisotopic (exact) mass is 458 g/mol. The molecule has 1 aliphatic rings. The average molecular weight is 459 g/mol. The molecule has 1 aliphatic heterocycles. The predicted molar refractivity (Wildman–Crippen MR) is 117 cm³/mol. The molecule has 0 saturated carbocycles. The number of hydrogen-bond acceptors (Lipinski definition) is 7. The van der Waals surface area contributed by atoms with Crippen molar-refractivity contribution in [2.45, 2.75) is 13.0 Å². The molecule has 9 heteroatoms. The van der Waals surface area contributed by atoms with Crippen LogP contribution >= 0.6 is 22.7 Å². The fourth-order valence-corrected chi connectivity index (χ4v) is 5.19. The fourth-order valence-electron chi connectivity index (χ4n) is 3.33. The van der Waals surface area contributed by atoms with Crippen LogP contribution in [0.5, 0.6) is 0 Å². The van der Waals surface area contributed by atoms with Crippen molar-refractivity contribution in [1.29, 1.82) is 0 Å². The zero-order valence-corrected chi connectivity index (χ0v) is 18.5. The van der Waals surface area contributed by atoms with E-state index in [1.807, 2.05) is 17.5 Å². The van der Waals surface area contributed by atoms with E-state index in [1.165, 1.54) is 46.5 Å². The fraction of sp³-hybridized carbons (Fsp3) is 0.227. The minimum Gasteiger partial charge on any atom is -0.460 e. The zero-order valence-electron chi connectivity index (χ0n) is 16.8. The van der Waals surface area contributed by atoms with Crippen LogP contribution in [0.25, 0.3) is 6.08 Å². The first kappa shape index (κ1) is 21.4. The van der Waals surface area contributed by atoms with Crippen molar-refractivity contribution in [2.24, 2.45) is 4.99 Å². The van der Waals surface area contributed by atoms with Gasteiger partial charge in [-0.15, -0.1) is 11.3 Å². The van der Waals surface area contributed by atoms with Crippen LogP contribution in [0.3, 0.4) is 0 Å². The van der Waals surface area contributed by atoms with Crippen molar-refractivity contribution in [3.05, 3.63) is 89.0 Å². The molecule has 0 saturated heterocycles. The van der Waals surface area contributed by atoms with E-state index >= 15 is 0 Å². The van der Waals surface area contributed by atoms with Gasteiger partial charge < -0.3 is 9.47 Å². The SMILES string of the molecule is COCCOC(=O)C1=C(C)N=c2s/c(=C/c3ccccc3F)c(=O)n2[C@@H]1c1cccs1. The first-order chi connectivity index (χ1) is 15.0. The Balaban J connectivity index is 1.87. The number of hydrogen-bond donors (Lipinski definition) is 0. The van der Waals surface area contributed by atoms with E-state index in [2.05, 4.69) is 4.99 Å². The second-order valence-electron chi connectivity index (χ2n) is 6.75. The summed E-state index contributed by atoms with van der Waals surface area (Å²) in [6, 6.07) is 9.32. The topological polar surface area (TPSA) is 69.9 Å². The highest BCUT2D eigenvalue weighted by Gasteiger charge is 2.34. The first-order valence-corrected chi connectivity index (χ1v) is 11.2. The second kappa shape index (κ2) is 9.09. The van der Waals surface area contributed by atoms with Crippen LogP contribution in [0, 0.1) is 5.82 Å². The molecule has 0 N–H and O–H groups in total. The quantitative estimate of drug-likeness (QED) is 0.421. The Morgan fingerprint density at radius 3 is 2.77 bits per heavy atom. The summed E-state index contributed by atoms with van der Waals surface area (Å²) in [6.07, 6.45) is 1.51. The molecule has 0 amide bonds. The Labute approximate surface area is 185 Å². The number of allylic oxidation sites excluding steroid dienone is 1. The molecule has 3 heterocycles. The van der Waals surface area contributed by atoms with Gasteiger partial charge in [-0.2, -0.15) is 0 Å². The summed E-state index contributed by atoms with van der Waals surface area (Å²) < 4.78 is 26.3. The third kappa shape index (κ3) is 4.16. The molecular weight excluding hydrogens is 439 g/mol. The number of rotatable bonds is 6. The molecule has 6 nitrogen and oxygen atoms in total. The van der Waals surface area contributed by atoms with Gasteiger partial charge in [0.05, 0.1) is 22.4 Å². The maximum absolute atomic E-state index is 14.1. The van der Waals surface area contributed by atoms with Crippen LogP contribution in [-0.2, 0) is 14.3 Å². The van der Waals surface area contributed by atoms with Crippen molar-refractivity contribution >= 4 is 34.7 Å². The zero-order chi connectivity index (χ0) is 22.0. The van der Waals surface area contributed by atoms with E-state index in [0.717, 1.165) is 4.88 Å². The summed E-state index contributed by atoms with van der Waals surface area (Å²) >= 11 is 2.60. The Bertz CT molecular complexity index is 1320. The molecule has 2 aromatic heterocycles. The number of fused-ring (bicyclic) bond motifs is 1. The minimum atomic E-state index is -0.658. The van der Waals surface area contributed by atoms with Crippen LogP contribution in [0.2, 0.25) is 0 Å². The van der Waals surface area contributed by atoms with Gasteiger partial charge in [0.25, 0.3) is 5.56 Å². The number of methoxy groups -OCH3 is 1. The highest BCUT2D eigenvalue weighted by molar-refractivity contribution is 7.10. The molecule has 0 spiro atoms. The minimum absolute atomic E-state index is 0.0982. The number of thiophene rings is 1. The lowest BCUT2D eigenvalue weighted by atomic mass is 10.0. The molecule has 0 aliphatic carbocycles. The highest BCUT2D eigenvalue weighted by Crippen LogP contribution is 2.33. The van der Waals surface area contributed by atoms with E-state index in [4.69, 9.17) is 9.47 Å². The van der Waals surface area contributed by atoms with Gasteiger partial charge >= 0.3 is 5.97 Å². The highest BCUT2D eigenvalue weighted by atomic mass is 32.1. The summed E-state index contributed by atoms with van der Waals surface area (Å²) in [5.41, 5.74) is 0.776. The second-order valence-corrected chi connectivity index (χ2v) is 8.74.